The lowest BCUT2D eigenvalue weighted by Gasteiger charge is -2.14. The standard InChI is InChI=1S/C9H15N5O/c1-14-9(11-5-12-14)13-8(15)6-3-2-4-7(6)10/h5-7H,2-4,10H2,1H3,(H,11,12,13,15). The first kappa shape index (κ1) is 10.1. The Morgan fingerprint density at radius 3 is 3.00 bits per heavy atom. The number of aromatic nitrogens is 3. The minimum absolute atomic E-state index is 0.0155. The fraction of sp³-hybridized carbons (Fsp3) is 0.667. The van der Waals surface area contributed by atoms with Crippen molar-refractivity contribution < 1.29 is 4.79 Å². The molecular formula is C9H15N5O. The van der Waals surface area contributed by atoms with Gasteiger partial charge in [-0.1, -0.05) is 6.42 Å². The van der Waals surface area contributed by atoms with E-state index in [1.807, 2.05) is 0 Å². The van der Waals surface area contributed by atoms with Gasteiger partial charge in [0.15, 0.2) is 0 Å². The molecule has 0 spiro atoms. The molecule has 1 aliphatic carbocycles. The Kier molecular flexibility index (Phi) is 2.68. The molecule has 0 bridgehead atoms. The third-order valence-electron chi connectivity index (χ3n) is 2.85. The molecule has 2 rings (SSSR count). The number of carbonyl (C=O) groups is 1. The third-order valence-corrected chi connectivity index (χ3v) is 2.85. The minimum atomic E-state index is -0.0818. The number of nitrogens with one attached hydrogen (secondary N) is 1. The number of hydrogen-bond donors (Lipinski definition) is 2. The van der Waals surface area contributed by atoms with Crippen LogP contribution in [0, 0.1) is 5.92 Å². The molecule has 6 heteroatoms. The lowest BCUT2D eigenvalue weighted by atomic mass is 10.0. The number of nitrogens with zero attached hydrogens (tertiary/aromatic N) is 3. The van der Waals surface area contributed by atoms with Crippen LogP contribution in [0.4, 0.5) is 5.95 Å². The van der Waals surface area contributed by atoms with Gasteiger partial charge in [0, 0.05) is 13.1 Å². The van der Waals surface area contributed by atoms with E-state index in [0.717, 1.165) is 19.3 Å². The van der Waals surface area contributed by atoms with Gasteiger partial charge in [0.2, 0.25) is 11.9 Å². The number of carbonyl (C=O) groups excluding carboxylic acids is 1. The molecule has 0 saturated heterocycles. The Morgan fingerprint density at radius 1 is 1.67 bits per heavy atom. The Hall–Kier alpha value is -1.43. The molecule has 1 amide bonds. The van der Waals surface area contributed by atoms with E-state index in [4.69, 9.17) is 5.73 Å². The highest BCUT2D eigenvalue weighted by Gasteiger charge is 2.30. The monoisotopic (exact) mass is 209 g/mol. The molecule has 1 aromatic rings. The molecule has 0 radical (unpaired) electrons. The van der Waals surface area contributed by atoms with Crippen LogP contribution in [-0.2, 0) is 11.8 Å². The van der Waals surface area contributed by atoms with Crippen LogP contribution in [0.25, 0.3) is 0 Å². The van der Waals surface area contributed by atoms with Gasteiger partial charge >= 0.3 is 0 Å². The van der Waals surface area contributed by atoms with Crippen LogP contribution in [0.2, 0.25) is 0 Å². The van der Waals surface area contributed by atoms with E-state index in [1.54, 1.807) is 7.05 Å². The van der Waals surface area contributed by atoms with E-state index in [9.17, 15) is 4.79 Å². The summed E-state index contributed by atoms with van der Waals surface area (Å²) in [5.41, 5.74) is 5.84. The molecular weight excluding hydrogens is 194 g/mol. The molecule has 6 nitrogen and oxygen atoms in total. The van der Waals surface area contributed by atoms with Gasteiger partial charge in [0.25, 0.3) is 0 Å². The molecule has 2 atom stereocenters. The number of rotatable bonds is 2. The summed E-state index contributed by atoms with van der Waals surface area (Å²) in [4.78, 5) is 15.7. The van der Waals surface area contributed by atoms with Gasteiger partial charge in [-0.3, -0.25) is 10.1 Å². The van der Waals surface area contributed by atoms with E-state index in [1.165, 1.54) is 11.0 Å². The van der Waals surface area contributed by atoms with Gasteiger partial charge < -0.3 is 5.73 Å². The third kappa shape index (κ3) is 1.99. The molecule has 1 aliphatic rings. The van der Waals surface area contributed by atoms with Gasteiger partial charge in [0.1, 0.15) is 6.33 Å². The van der Waals surface area contributed by atoms with E-state index in [-0.39, 0.29) is 17.9 Å². The van der Waals surface area contributed by atoms with Crippen LogP contribution in [0.15, 0.2) is 6.33 Å². The van der Waals surface area contributed by atoms with Crippen LogP contribution < -0.4 is 11.1 Å². The second-order valence-electron chi connectivity index (χ2n) is 3.90. The van der Waals surface area contributed by atoms with Crippen molar-refractivity contribution in [2.45, 2.75) is 25.3 Å². The lowest BCUT2D eigenvalue weighted by molar-refractivity contribution is -0.120. The smallest absolute Gasteiger partial charge is 0.231 e. The summed E-state index contributed by atoms with van der Waals surface area (Å²) in [5.74, 6) is 0.344. The minimum Gasteiger partial charge on any atom is -0.327 e. The summed E-state index contributed by atoms with van der Waals surface area (Å²) in [6.07, 6.45) is 4.23. The van der Waals surface area contributed by atoms with Gasteiger partial charge in [-0.25, -0.2) is 4.68 Å². The van der Waals surface area contributed by atoms with Gasteiger partial charge in [-0.2, -0.15) is 10.1 Å². The van der Waals surface area contributed by atoms with Crippen molar-refractivity contribution in [3.05, 3.63) is 6.33 Å². The number of nitrogens with two attached hydrogens (primary N) is 1. The van der Waals surface area contributed by atoms with E-state index < -0.39 is 0 Å². The number of anilines is 1. The average molecular weight is 209 g/mol. The van der Waals surface area contributed by atoms with Crippen LogP contribution >= 0.6 is 0 Å². The van der Waals surface area contributed by atoms with Crippen molar-refractivity contribution in [1.82, 2.24) is 14.8 Å². The first-order valence-corrected chi connectivity index (χ1v) is 5.09. The molecule has 15 heavy (non-hydrogen) atoms. The van der Waals surface area contributed by atoms with E-state index in [0.29, 0.717) is 5.95 Å². The normalized spacial score (nSPS) is 25.5. The predicted molar refractivity (Wildman–Crippen MR) is 54.9 cm³/mol. The SMILES string of the molecule is Cn1ncnc1NC(=O)C1CCCC1N. The fourth-order valence-electron chi connectivity index (χ4n) is 1.93. The summed E-state index contributed by atoms with van der Waals surface area (Å²) in [5, 5.41) is 6.61. The molecule has 1 saturated carbocycles. The Balaban J connectivity index is 2.01. The summed E-state index contributed by atoms with van der Waals surface area (Å²) >= 11 is 0. The highest BCUT2D eigenvalue weighted by Crippen LogP contribution is 2.24. The maximum absolute atomic E-state index is 11.8. The van der Waals surface area contributed by atoms with Crippen LogP contribution in [0.5, 0.6) is 0 Å². The van der Waals surface area contributed by atoms with Crippen LogP contribution in [0.3, 0.4) is 0 Å². The maximum atomic E-state index is 11.8. The molecule has 0 aliphatic heterocycles. The maximum Gasteiger partial charge on any atom is 0.231 e. The lowest BCUT2D eigenvalue weighted by Crippen LogP contribution is -2.34. The molecule has 1 heterocycles. The van der Waals surface area contributed by atoms with Crippen LogP contribution in [0.1, 0.15) is 19.3 Å². The van der Waals surface area contributed by atoms with Crippen molar-refractivity contribution >= 4 is 11.9 Å². The quantitative estimate of drug-likeness (QED) is 0.711. The average Bonchev–Trinajstić information content (AvgIpc) is 2.76. The van der Waals surface area contributed by atoms with Crippen molar-refractivity contribution in [2.24, 2.45) is 18.7 Å². The number of amides is 1. The van der Waals surface area contributed by atoms with Crippen molar-refractivity contribution in [2.75, 3.05) is 5.32 Å². The highest BCUT2D eigenvalue weighted by atomic mass is 16.2. The number of aryl methyl sites for hydroxylation is 1. The summed E-state index contributed by atoms with van der Waals surface area (Å²) in [7, 11) is 1.73. The van der Waals surface area contributed by atoms with Crippen molar-refractivity contribution in [1.29, 1.82) is 0 Å². The van der Waals surface area contributed by atoms with E-state index in [2.05, 4.69) is 15.4 Å². The predicted octanol–water partition coefficient (Wildman–Crippen LogP) is -0.119. The molecule has 2 unspecified atom stereocenters. The molecule has 0 aromatic carbocycles. The highest BCUT2D eigenvalue weighted by molar-refractivity contribution is 5.91. The van der Waals surface area contributed by atoms with Gasteiger partial charge in [-0.15, -0.1) is 0 Å². The summed E-state index contributed by atoms with van der Waals surface area (Å²) in [6, 6.07) is -0.0155. The molecule has 3 N–H and O–H groups in total. The summed E-state index contributed by atoms with van der Waals surface area (Å²) < 4.78 is 1.53. The molecule has 82 valence electrons. The second kappa shape index (κ2) is 3.98. The topological polar surface area (TPSA) is 85.8 Å². The first-order valence-electron chi connectivity index (χ1n) is 5.09. The molecule has 1 aromatic heterocycles. The largest absolute Gasteiger partial charge is 0.327 e. The number of hydrogen-bond acceptors (Lipinski definition) is 4. The van der Waals surface area contributed by atoms with Crippen molar-refractivity contribution in [3.63, 3.8) is 0 Å². The Morgan fingerprint density at radius 2 is 2.47 bits per heavy atom. The second-order valence-corrected chi connectivity index (χ2v) is 3.90. The first-order chi connectivity index (χ1) is 7.18. The zero-order valence-corrected chi connectivity index (χ0v) is 8.68. The van der Waals surface area contributed by atoms with Crippen LogP contribution in [-0.4, -0.2) is 26.7 Å². The zero-order valence-electron chi connectivity index (χ0n) is 8.68. The van der Waals surface area contributed by atoms with Gasteiger partial charge in [0.05, 0.1) is 5.92 Å². The Labute approximate surface area is 87.9 Å². The zero-order chi connectivity index (χ0) is 10.8. The Bertz CT molecular complexity index is 361. The van der Waals surface area contributed by atoms with Gasteiger partial charge in [-0.05, 0) is 12.8 Å². The summed E-state index contributed by atoms with van der Waals surface area (Å²) in [6.45, 7) is 0. The van der Waals surface area contributed by atoms with Crippen molar-refractivity contribution in [3.8, 4) is 0 Å². The fourth-order valence-corrected chi connectivity index (χ4v) is 1.93. The van der Waals surface area contributed by atoms with E-state index >= 15 is 0 Å². The molecule has 1 fully saturated rings.